The first-order valence-corrected chi connectivity index (χ1v) is 13.3. The molecule has 1 aliphatic carbocycles. The molecule has 2 heterocycles. The van der Waals surface area contributed by atoms with Gasteiger partial charge in [-0.05, 0) is 44.9 Å². The molecular weight excluding hydrogens is 543 g/mol. The molecule has 2 amide bonds. The monoisotopic (exact) mass is 570 g/mol. The number of hydrogen-bond acceptors (Lipinski definition) is 7. The van der Waals surface area contributed by atoms with Crippen molar-refractivity contribution >= 4 is 51.4 Å². The number of halogens is 2. The summed E-state index contributed by atoms with van der Waals surface area (Å²) >= 11 is 6.08. The number of fused-ring (bicyclic) bond motifs is 1. The summed E-state index contributed by atoms with van der Waals surface area (Å²) in [7, 11) is 0. The van der Waals surface area contributed by atoms with E-state index in [0.29, 0.717) is 24.3 Å². The lowest BCUT2D eigenvalue weighted by Gasteiger charge is -2.30. The third-order valence-corrected chi connectivity index (χ3v) is 7.46. The fourth-order valence-electron chi connectivity index (χ4n) is 4.73. The molecule has 3 N–H and O–H groups in total. The van der Waals surface area contributed by atoms with Crippen LogP contribution in [0.4, 0.5) is 21.5 Å². The first kappa shape index (κ1) is 27.5. The number of hydrogen-bond donors (Lipinski definition) is 3. The average Bonchev–Trinajstić information content (AvgIpc) is 3.75. The Bertz CT molecular complexity index is 1600. The van der Waals surface area contributed by atoms with Crippen LogP contribution in [-0.2, 0) is 4.79 Å². The van der Waals surface area contributed by atoms with Gasteiger partial charge in [-0.3, -0.25) is 24.5 Å². The highest BCUT2D eigenvalue weighted by atomic mass is 35.5. The predicted molar refractivity (Wildman–Crippen MR) is 150 cm³/mol. The number of aromatic nitrogens is 1. The maximum absolute atomic E-state index is 15.2. The molecule has 40 heavy (non-hydrogen) atoms. The van der Waals surface area contributed by atoms with Gasteiger partial charge < -0.3 is 25.4 Å². The average molecular weight is 571 g/mol. The lowest BCUT2D eigenvalue weighted by molar-refractivity contribution is -0.384. The largest absolute Gasteiger partial charge is 0.367 e. The Balaban J connectivity index is 1.43. The Hall–Kier alpha value is -4.03. The predicted octanol–water partition coefficient (Wildman–Crippen LogP) is 3.59. The molecule has 1 saturated carbocycles. The fraction of sp³-hybridized carbons (Fsp3) is 0.370. The van der Waals surface area contributed by atoms with Gasteiger partial charge in [-0.25, -0.2) is 4.39 Å². The number of anilines is 2. The summed E-state index contributed by atoms with van der Waals surface area (Å²) in [6.45, 7) is 5.62. The molecule has 0 bridgehead atoms. The number of carbonyl (C=O) groups is 2. The normalized spacial score (nSPS) is 15.7. The molecule has 2 fully saturated rings. The number of nitrogens with one attached hydrogen (secondary N) is 3. The van der Waals surface area contributed by atoms with Crippen molar-refractivity contribution < 1.29 is 18.9 Å². The minimum absolute atomic E-state index is 0.0475. The smallest absolute Gasteiger partial charge is 0.271 e. The molecule has 13 heteroatoms. The van der Waals surface area contributed by atoms with Gasteiger partial charge in [-0.2, -0.15) is 0 Å². The minimum Gasteiger partial charge on any atom is -0.367 e. The van der Waals surface area contributed by atoms with Crippen molar-refractivity contribution in [2.24, 2.45) is 0 Å². The third-order valence-electron chi connectivity index (χ3n) is 7.15. The van der Waals surface area contributed by atoms with E-state index in [2.05, 4.69) is 16.0 Å². The number of rotatable bonds is 7. The minimum atomic E-state index is -1.51. The highest BCUT2D eigenvalue weighted by molar-refractivity contribution is 6.34. The lowest BCUT2D eigenvalue weighted by Crippen LogP contribution is -2.53. The van der Waals surface area contributed by atoms with Crippen molar-refractivity contribution in [2.75, 3.05) is 36.4 Å². The summed E-state index contributed by atoms with van der Waals surface area (Å²) in [4.78, 5) is 52.1. The van der Waals surface area contributed by atoms with E-state index in [0.717, 1.165) is 32.0 Å². The van der Waals surface area contributed by atoms with E-state index in [1.54, 1.807) is 6.07 Å². The van der Waals surface area contributed by atoms with Gasteiger partial charge in [0.15, 0.2) is 0 Å². The Morgan fingerprint density at radius 1 is 1.18 bits per heavy atom. The number of nitro groups is 1. The third kappa shape index (κ3) is 5.36. The number of nitrogens with zero attached hydrogens (tertiary/aromatic N) is 3. The number of piperazine rings is 1. The molecule has 210 valence electrons. The van der Waals surface area contributed by atoms with E-state index < -0.39 is 33.5 Å². The van der Waals surface area contributed by atoms with Gasteiger partial charge in [0.25, 0.3) is 11.6 Å². The van der Waals surface area contributed by atoms with Crippen molar-refractivity contribution in [2.45, 2.75) is 38.3 Å². The van der Waals surface area contributed by atoms with E-state index in [1.165, 1.54) is 38.2 Å². The zero-order valence-electron chi connectivity index (χ0n) is 21.9. The Kier molecular flexibility index (Phi) is 7.23. The van der Waals surface area contributed by atoms with Gasteiger partial charge in [0.2, 0.25) is 11.3 Å². The Morgan fingerprint density at radius 3 is 2.50 bits per heavy atom. The zero-order chi connectivity index (χ0) is 28.8. The molecule has 1 aromatic heterocycles. The molecular formula is C27H28ClFN6O5. The van der Waals surface area contributed by atoms with Crippen molar-refractivity contribution in [1.29, 1.82) is 0 Å². The van der Waals surface area contributed by atoms with Crippen LogP contribution in [0.15, 0.2) is 41.3 Å². The van der Waals surface area contributed by atoms with Crippen LogP contribution < -0.4 is 26.3 Å². The second kappa shape index (κ2) is 10.5. The van der Waals surface area contributed by atoms with Gasteiger partial charge >= 0.3 is 0 Å². The number of benzene rings is 2. The standard InChI is InChI=1S/C27H28ClFN6O5/c1-27(2,26(38)31-21-6-5-16(35(39)40)11-19(21)28)32-25(37)18-14-34(15-3-4-15)22-13-23(33-9-7-30-8-10-33)20(29)12-17(22)24(18)36/h5-6,11-15,30H,3-4,7-10H2,1-2H3,(H,31,38)(H,32,37). The maximum atomic E-state index is 15.2. The van der Waals surface area contributed by atoms with Gasteiger partial charge in [0.05, 0.1) is 26.8 Å². The van der Waals surface area contributed by atoms with Crippen LogP contribution in [0.2, 0.25) is 5.02 Å². The molecule has 1 saturated heterocycles. The summed E-state index contributed by atoms with van der Waals surface area (Å²) in [5, 5.41) is 19.4. The van der Waals surface area contributed by atoms with E-state index in [9.17, 15) is 24.5 Å². The molecule has 5 rings (SSSR count). The second-order valence-corrected chi connectivity index (χ2v) is 10.9. The van der Waals surface area contributed by atoms with Gasteiger partial charge in [0.1, 0.15) is 16.9 Å². The molecule has 3 aromatic rings. The SMILES string of the molecule is CC(C)(NC(=O)c1cn(C2CC2)c2cc(N3CCNCC3)c(F)cc2c1=O)C(=O)Nc1ccc([N+](=O)[O-])cc1Cl. The molecule has 0 radical (unpaired) electrons. The first-order valence-electron chi connectivity index (χ1n) is 12.9. The second-order valence-electron chi connectivity index (χ2n) is 10.5. The summed E-state index contributed by atoms with van der Waals surface area (Å²) in [6.07, 6.45) is 3.21. The molecule has 2 aromatic carbocycles. The van der Waals surface area contributed by atoms with Crippen LogP contribution in [0.5, 0.6) is 0 Å². The van der Waals surface area contributed by atoms with Crippen LogP contribution >= 0.6 is 11.6 Å². The number of carbonyl (C=O) groups excluding carboxylic acids is 2. The van der Waals surface area contributed by atoms with E-state index in [-0.39, 0.29) is 33.4 Å². The van der Waals surface area contributed by atoms with Crippen LogP contribution in [-0.4, -0.2) is 53.0 Å². The van der Waals surface area contributed by atoms with E-state index in [4.69, 9.17) is 11.6 Å². The molecule has 0 unspecified atom stereocenters. The van der Waals surface area contributed by atoms with Gasteiger partial charge in [-0.15, -0.1) is 0 Å². The van der Waals surface area contributed by atoms with Crippen molar-refractivity contribution in [3.63, 3.8) is 0 Å². The van der Waals surface area contributed by atoms with Crippen LogP contribution in [0.3, 0.4) is 0 Å². The van der Waals surface area contributed by atoms with Crippen molar-refractivity contribution in [1.82, 2.24) is 15.2 Å². The summed E-state index contributed by atoms with van der Waals surface area (Å²) in [6, 6.07) is 6.54. The van der Waals surface area contributed by atoms with Gasteiger partial charge in [0, 0.05) is 55.9 Å². The van der Waals surface area contributed by atoms with Crippen molar-refractivity contribution in [3.8, 4) is 0 Å². The topological polar surface area (TPSA) is 139 Å². The lowest BCUT2D eigenvalue weighted by atomic mass is 10.0. The number of amides is 2. The Morgan fingerprint density at radius 2 is 1.88 bits per heavy atom. The number of nitro benzene ring substituents is 1. The Labute approximate surface area is 233 Å². The highest BCUT2D eigenvalue weighted by Gasteiger charge is 2.33. The molecule has 11 nitrogen and oxygen atoms in total. The van der Waals surface area contributed by atoms with Crippen LogP contribution in [0, 0.1) is 15.9 Å². The first-order chi connectivity index (χ1) is 19.0. The number of pyridine rings is 1. The summed E-state index contributed by atoms with van der Waals surface area (Å²) < 4.78 is 17.1. The maximum Gasteiger partial charge on any atom is 0.271 e. The molecule has 0 atom stereocenters. The molecule has 0 spiro atoms. The van der Waals surface area contributed by atoms with Crippen LogP contribution in [0.25, 0.3) is 10.9 Å². The van der Waals surface area contributed by atoms with Crippen molar-refractivity contribution in [3.05, 3.63) is 73.3 Å². The van der Waals surface area contributed by atoms with E-state index in [1.807, 2.05) is 9.47 Å². The van der Waals surface area contributed by atoms with Crippen LogP contribution in [0.1, 0.15) is 43.1 Å². The zero-order valence-corrected chi connectivity index (χ0v) is 22.7. The molecule has 1 aliphatic heterocycles. The summed E-state index contributed by atoms with van der Waals surface area (Å²) in [5.74, 6) is -1.99. The summed E-state index contributed by atoms with van der Waals surface area (Å²) in [5.41, 5.74) is -1.49. The molecule has 2 aliphatic rings. The fourth-order valence-corrected chi connectivity index (χ4v) is 4.95. The number of non-ortho nitro benzene ring substituents is 1. The quantitative estimate of drug-likeness (QED) is 0.291. The highest BCUT2D eigenvalue weighted by Crippen LogP contribution is 2.38. The van der Waals surface area contributed by atoms with Gasteiger partial charge in [-0.1, -0.05) is 11.6 Å². The van der Waals surface area contributed by atoms with E-state index >= 15 is 4.39 Å².